The van der Waals surface area contributed by atoms with Gasteiger partial charge in [-0.25, -0.2) is 9.79 Å². The third-order valence-corrected chi connectivity index (χ3v) is 3.74. The highest BCUT2D eigenvalue weighted by molar-refractivity contribution is 5.94. The fourth-order valence-electron chi connectivity index (χ4n) is 2.49. The predicted octanol–water partition coefficient (Wildman–Crippen LogP) is 2.36. The number of ether oxygens (including phenoxy) is 2. The molecule has 9 nitrogen and oxygen atoms in total. The quantitative estimate of drug-likeness (QED) is 0.358. The number of benzene rings is 1. The molecule has 1 aliphatic rings. The topological polar surface area (TPSA) is 127 Å². The van der Waals surface area contributed by atoms with Crippen LogP contribution in [0, 0.1) is 21.4 Å². The number of esters is 1. The Balaban J connectivity index is 2.42. The van der Waals surface area contributed by atoms with E-state index < -0.39 is 16.9 Å². The molecule has 0 aliphatic carbocycles. The maximum absolute atomic E-state index is 12.5. The summed E-state index contributed by atoms with van der Waals surface area (Å²) < 4.78 is 10.3. The van der Waals surface area contributed by atoms with E-state index in [-0.39, 0.29) is 24.7 Å². The van der Waals surface area contributed by atoms with Gasteiger partial charge < -0.3 is 14.8 Å². The molecule has 1 aromatic carbocycles. The van der Waals surface area contributed by atoms with Crippen LogP contribution in [0.3, 0.4) is 0 Å². The highest BCUT2D eigenvalue weighted by atomic mass is 16.6. The van der Waals surface area contributed by atoms with Crippen molar-refractivity contribution in [3.8, 4) is 6.07 Å². The monoisotopic (exact) mass is 358 g/mol. The van der Waals surface area contributed by atoms with Gasteiger partial charge in [-0.05, 0) is 24.1 Å². The molecule has 1 aromatic rings. The summed E-state index contributed by atoms with van der Waals surface area (Å²) in [6.07, 6.45) is 0.545. The minimum atomic E-state index is -0.632. The first kappa shape index (κ1) is 18.9. The Bertz CT molecular complexity index is 792. The van der Waals surface area contributed by atoms with E-state index in [0.717, 1.165) is 0 Å². The van der Waals surface area contributed by atoms with Crippen molar-refractivity contribution in [3.05, 3.63) is 51.2 Å². The summed E-state index contributed by atoms with van der Waals surface area (Å²) in [4.78, 5) is 27.2. The summed E-state index contributed by atoms with van der Waals surface area (Å²) in [6, 6.07) is 7.35. The average Bonchev–Trinajstić information content (AvgIpc) is 2.66. The van der Waals surface area contributed by atoms with E-state index in [1.165, 1.54) is 19.2 Å². The summed E-state index contributed by atoms with van der Waals surface area (Å²) in [5.41, 5.74) is 1.35. The van der Waals surface area contributed by atoms with Crippen LogP contribution in [0.15, 0.2) is 40.5 Å². The molecule has 2 rings (SSSR count). The Morgan fingerprint density at radius 3 is 2.65 bits per heavy atom. The number of nitrogens with zero attached hydrogens (tertiary/aromatic N) is 3. The summed E-state index contributed by atoms with van der Waals surface area (Å²) in [6.45, 7) is 1.82. The van der Waals surface area contributed by atoms with Gasteiger partial charge in [-0.1, -0.05) is 6.92 Å². The molecule has 0 spiro atoms. The second-order valence-electron chi connectivity index (χ2n) is 5.31. The molecule has 9 heteroatoms. The SMILES string of the molecule is CCC1=C(C(=O)OCCC#N)[C@H](c2ccc([N+](=O)[O-])cc2)NC(OC)=N1. The Morgan fingerprint density at radius 2 is 2.12 bits per heavy atom. The van der Waals surface area contributed by atoms with E-state index in [9.17, 15) is 14.9 Å². The molecule has 1 N–H and O–H groups in total. The van der Waals surface area contributed by atoms with E-state index in [2.05, 4.69) is 10.3 Å². The van der Waals surface area contributed by atoms with E-state index in [1.54, 1.807) is 12.1 Å². The number of aliphatic imine (C=N–C) groups is 1. The number of carbonyl (C=O) groups is 1. The molecule has 0 saturated carbocycles. The van der Waals surface area contributed by atoms with Gasteiger partial charge in [0.1, 0.15) is 6.61 Å². The number of nitro groups is 1. The van der Waals surface area contributed by atoms with Gasteiger partial charge in [0.15, 0.2) is 0 Å². The first-order valence-electron chi connectivity index (χ1n) is 7.92. The summed E-state index contributed by atoms with van der Waals surface area (Å²) in [5.74, 6) is -0.591. The van der Waals surface area contributed by atoms with E-state index in [1.807, 2.05) is 13.0 Å². The Hall–Kier alpha value is -3.41. The molecule has 0 radical (unpaired) electrons. The molecule has 0 unspecified atom stereocenters. The average molecular weight is 358 g/mol. The lowest BCUT2D eigenvalue weighted by molar-refractivity contribution is -0.384. The number of nitriles is 1. The van der Waals surface area contributed by atoms with Gasteiger partial charge in [-0.3, -0.25) is 10.1 Å². The highest BCUT2D eigenvalue weighted by Gasteiger charge is 2.32. The second kappa shape index (κ2) is 8.62. The van der Waals surface area contributed by atoms with Crippen molar-refractivity contribution in [2.45, 2.75) is 25.8 Å². The number of hydrogen-bond acceptors (Lipinski definition) is 8. The van der Waals surface area contributed by atoms with Gasteiger partial charge >= 0.3 is 5.97 Å². The normalized spacial score (nSPS) is 16.2. The van der Waals surface area contributed by atoms with Gasteiger partial charge in [0.25, 0.3) is 11.7 Å². The molecule has 1 atom stereocenters. The van der Waals surface area contributed by atoms with Crippen molar-refractivity contribution >= 4 is 17.7 Å². The minimum Gasteiger partial charge on any atom is -0.468 e. The van der Waals surface area contributed by atoms with Crippen LogP contribution in [0.25, 0.3) is 0 Å². The lowest BCUT2D eigenvalue weighted by atomic mass is 9.95. The van der Waals surface area contributed by atoms with Crippen LogP contribution in [-0.4, -0.2) is 30.6 Å². The largest absolute Gasteiger partial charge is 0.468 e. The molecule has 1 aliphatic heterocycles. The molecule has 0 bridgehead atoms. The molecular weight excluding hydrogens is 340 g/mol. The van der Waals surface area contributed by atoms with Gasteiger partial charge in [0.2, 0.25) is 0 Å². The molecule has 0 saturated heterocycles. The van der Waals surface area contributed by atoms with Gasteiger partial charge in [0.05, 0.1) is 41.8 Å². The number of carbonyl (C=O) groups excluding carboxylic acids is 1. The third kappa shape index (κ3) is 4.16. The standard InChI is InChI=1S/C17H18N4O5/c1-3-13-14(16(22)26-10-4-9-18)15(20-17(19-13)25-2)11-5-7-12(8-6-11)21(23)24/h5-8,15H,3-4,10H2,1-2H3,(H,19,20)/t15-/m0/s1. The van der Waals surface area contributed by atoms with Gasteiger partial charge in [-0.2, -0.15) is 5.26 Å². The third-order valence-electron chi connectivity index (χ3n) is 3.74. The number of amidine groups is 1. The zero-order valence-electron chi connectivity index (χ0n) is 14.4. The molecule has 0 fully saturated rings. The number of nitro benzene ring substituents is 1. The highest BCUT2D eigenvalue weighted by Crippen LogP contribution is 2.31. The molecule has 26 heavy (non-hydrogen) atoms. The summed E-state index contributed by atoms with van der Waals surface area (Å²) in [5, 5.41) is 22.4. The van der Waals surface area contributed by atoms with Crippen LogP contribution in [0.1, 0.15) is 31.4 Å². The minimum absolute atomic E-state index is 0.0241. The van der Waals surface area contributed by atoms with Crippen LogP contribution in [0.5, 0.6) is 0 Å². The van der Waals surface area contributed by atoms with Crippen molar-refractivity contribution in [1.82, 2.24) is 5.32 Å². The zero-order valence-corrected chi connectivity index (χ0v) is 14.4. The fourth-order valence-corrected chi connectivity index (χ4v) is 2.49. The van der Waals surface area contributed by atoms with Crippen LogP contribution >= 0.6 is 0 Å². The van der Waals surface area contributed by atoms with Gasteiger partial charge in [-0.15, -0.1) is 0 Å². The number of non-ortho nitro benzene ring substituents is 1. The van der Waals surface area contributed by atoms with Crippen molar-refractivity contribution < 1.29 is 19.2 Å². The number of allylic oxidation sites excluding steroid dienone is 1. The van der Waals surface area contributed by atoms with Crippen molar-refractivity contribution in [3.63, 3.8) is 0 Å². The molecule has 0 aromatic heterocycles. The fraction of sp³-hybridized carbons (Fsp3) is 0.353. The predicted molar refractivity (Wildman–Crippen MR) is 91.9 cm³/mol. The van der Waals surface area contributed by atoms with Crippen molar-refractivity contribution in [1.29, 1.82) is 5.26 Å². The number of hydrogen-bond donors (Lipinski definition) is 1. The Kier molecular flexibility index (Phi) is 6.27. The zero-order chi connectivity index (χ0) is 19.1. The molecule has 1 heterocycles. The van der Waals surface area contributed by atoms with Crippen LogP contribution in [0.2, 0.25) is 0 Å². The van der Waals surface area contributed by atoms with E-state index >= 15 is 0 Å². The summed E-state index contributed by atoms with van der Waals surface area (Å²) >= 11 is 0. The number of methoxy groups -OCH3 is 1. The maximum atomic E-state index is 12.5. The molecular formula is C17H18N4O5. The van der Waals surface area contributed by atoms with Crippen molar-refractivity contribution in [2.24, 2.45) is 4.99 Å². The number of nitrogens with one attached hydrogen (secondary N) is 1. The second-order valence-corrected chi connectivity index (χ2v) is 5.31. The smallest absolute Gasteiger partial charge is 0.338 e. The Morgan fingerprint density at radius 1 is 1.42 bits per heavy atom. The Labute approximate surface area is 150 Å². The van der Waals surface area contributed by atoms with Crippen molar-refractivity contribution in [2.75, 3.05) is 13.7 Å². The van der Waals surface area contributed by atoms with Crippen LogP contribution in [0.4, 0.5) is 5.69 Å². The molecule has 0 amide bonds. The maximum Gasteiger partial charge on any atom is 0.338 e. The molecule has 136 valence electrons. The first-order chi connectivity index (χ1) is 12.5. The number of rotatable bonds is 6. The van der Waals surface area contributed by atoms with Gasteiger partial charge in [0, 0.05) is 12.1 Å². The first-order valence-corrected chi connectivity index (χ1v) is 7.92. The van der Waals surface area contributed by atoms with Crippen LogP contribution in [-0.2, 0) is 14.3 Å². The summed E-state index contributed by atoms with van der Waals surface area (Å²) in [7, 11) is 1.45. The van der Waals surface area contributed by atoms with E-state index in [0.29, 0.717) is 23.3 Å². The lowest BCUT2D eigenvalue weighted by Crippen LogP contribution is -2.37. The van der Waals surface area contributed by atoms with Crippen LogP contribution < -0.4 is 5.32 Å². The lowest BCUT2D eigenvalue weighted by Gasteiger charge is -2.27. The van der Waals surface area contributed by atoms with E-state index in [4.69, 9.17) is 14.7 Å².